The number of urea groups is 1. The van der Waals surface area contributed by atoms with Gasteiger partial charge >= 0.3 is 6.03 Å². The van der Waals surface area contributed by atoms with E-state index in [0.717, 1.165) is 15.8 Å². The van der Waals surface area contributed by atoms with Crippen molar-refractivity contribution < 1.29 is 9.18 Å². The van der Waals surface area contributed by atoms with Crippen LogP contribution in [0.25, 0.3) is 10.2 Å². The van der Waals surface area contributed by atoms with E-state index >= 15 is 0 Å². The third kappa shape index (κ3) is 3.23. The third-order valence-electron chi connectivity index (χ3n) is 3.19. The van der Waals surface area contributed by atoms with Gasteiger partial charge in [0.2, 0.25) is 0 Å². The molecule has 22 heavy (non-hydrogen) atoms. The van der Waals surface area contributed by atoms with E-state index in [2.05, 4.69) is 15.6 Å². The molecule has 4 nitrogen and oxygen atoms in total. The van der Waals surface area contributed by atoms with Crippen molar-refractivity contribution in [3.63, 3.8) is 0 Å². The topological polar surface area (TPSA) is 54.0 Å². The molecule has 2 N–H and O–H groups in total. The average molecular weight is 315 g/mol. The lowest BCUT2D eigenvalue weighted by molar-refractivity contribution is 0.251. The number of carbonyl (C=O) groups is 1. The van der Waals surface area contributed by atoms with Crippen LogP contribution >= 0.6 is 11.3 Å². The number of carbonyl (C=O) groups excluding carboxylic acids is 1. The largest absolute Gasteiger partial charge is 0.334 e. The van der Waals surface area contributed by atoms with Gasteiger partial charge in [-0.05, 0) is 36.2 Å². The molecule has 0 aliphatic rings. The zero-order chi connectivity index (χ0) is 15.5. The number of nitrogens with one attached hydrogen (secondary N) is 2. The number of hydrogen-bond acceptors (Lipinski definition) is 3. The number of halogens is 1. The number of amides is 2. The van der Waals surface area contributed by atoms with Crippen molar-refractivity contribution in [1.29, 1.82) is 0 Å². The molecule has 2 amide bonds. The first-order chi connectivity index (χ1) is 10.6. The lowest BCUT2D eigenvalue weighted by Gasteiger charge is -2.06. The Balaban J connectivity index is 1.61. The van der Waals surface area contributed by atoms with Crippen LogP contribution in [0.4, 0.5) is 14.3 Å². The molecule has 0 bridgehead atoms. The second kappa shape index (κ2) is 6.11. The standard InChI is InChI=1S/C16H14FN3OS/c1-10-8-11(6-7-12(10)17)9-18-15(21)20-16-19-13-4-2-3-5-14(13)22-16/h2-8H,9H2,1H3,(H2,18,19,20,21). The second-order valence-electron chi connectivity index (χ2n) is 4.88. The molecule has 1 aromatic heterocycles. The van der Waals surface area contributed by atoms with E-state index in [0.29, 0.717) is 17.2 Å². The summed E-state index contributed by atoms with van der Waals surface area (Å²) >= 11 is 1.42. The Morgan fingerprint density at radius 3 is 2.86 bits per heavy atom. The third-order valence-corrected chi connectivity index (χ3v) is 4.14. The van der Waals surface area contributed by atoms with Gasteiger partial charge < -0.3 is 5.32 Å². The van der Waals surface area contributed by atoms with Gasteiger partial charge in [0.25, 0.3) is 0 Å². The van der Waals surface area contributed by atoms with Crippen LogP contribution in [0.5, 0.6) is 0 Å². The highest BCUT2D eigenvalue weighted by Crippen LogP contribution is 2.25. The van der Waals surface area contributed by atoms with Crippen molar-refractivity contribution in [3.05, 3.63) is 59.4 Å². The Morgan fingerprint density at radius 2 is 2.09 bits per heavy atom. The Kier molecular flexibility index (Phi) is 4.02. The molecule has 0 saturated carbocycles. The van der Waals surface area contributed by atoms with Gasteiger partial charge in [-0.25, -0.2) is 14.2 Å². The van der Waals surface area contributed by atoms with E-state index in [-0.39, 0.29) is 11.8 Å². The number of anilines is 1. The monoisotopic (exact) mass is 315 g/mol. The molecular weight excluding hydrogens is 301 g/mol. The Labute approximate surface area is 131 Å². The average Bonchev–Trinajstić information content (AvgIpc) is 2.90. The maximum atomic E-state index is 13.2. The quantitative estimate of drug-likeness (QED) is 0.765. The van der Waals surface area contributed by atoms with Gasteiger partial charge in [0.1, 0.15) is 5.82 Å². The number of hydrogen-bond donors (Lipinski definition) is 2. The van der Waals surface area contributed by atoms with Crippen molar-refractivity contribution in [2.75, 3.05) is 5.32 Å². The first-order valence-electron chi connectivity index (χ1n) is 6.77. The Hall–Kier alpha value is -2.47. The molecule has 0 aliphatic heterocycles. The number of aromatic nitrogens is 1. The summed E-state index contributed by atoms with van der Waals surface area (Å²) in [5.41, 5.74) is 2.26. The van der Waals surface area contributed by atoms with Gasteiger partial charge in [-0.3, -0.25) is 5.32 Å². The zero-order valence-corrected chi connectivity index (χ0v) is 12.7. The van der Waals surface area contributed by atoms with Crippen molar-refractivity contribution in [3.8, 4) is 0 Å². The number of para-hydroxylation sites is 1. The van der Waals surface area contributed by atoms with Crippen LogP contribution < -0.4 is 10.6 Å². The Bertz CT molecular complexity index is 798. The minimum absolute atomic E-state index is 0.248. The van der Waals surface area contributed by atoms with E-state index in [1.54, 1.807) is 19.1 Å². The number of rotatable bonds is 3. The van der Waals surface area contributed by atoms with Crippen LogP contribution in [0.15, 0.2) is 42.5 Å². The lowest BCUT2D eigenvalue weighted by Crippen LogP contribution is -2.28. The molecule has 3 rings (SSSR count). The Morgan fingerprint density at radius 1 is 1.27 bits per heavy atom. The predicted octanol–water partition coefficient (Wildman–Crippen LogP) is 4.07. The minimum Gasteiger partial charge on any atom is -0.334 e. The summed E-state index contributed by atoms with van der Waals surface area (Å²) in [5, 5.41) is 5.99. The summed E-state index contributed by atoms with van der Waals surface area (Å²) in [6.07, 6.45) is 0. The first-order valence-corrected chi connectivity index (χ1v) is 7.59. The summed E-state index contributed by atoms with van der Waals surface area (Å²) in [6.45, 7) is 2.03. The summed E-state index contributed by atoms with van der Waals surface area (Å²) in [5.74, 6) is -0.248. The van der Waals surface area contributed by atoms with Crippen LogP contribution in [0.3, 0.4) is 0 Å². The summed E-state index contributed by atoms with van der Waals surface area (Å²) in [7, 11) is 0. The molecule has 0 unspecified atom stereocenters. The van der Waals surface area contributed by atoms with Crippen molar-refractivity contribution in [2.24, 2.45) is 0 Å². The molecule has 3 aromatic rings. The SMILES string of the molecule is Cc1cc(CNC(=O)Nc2nc3ccccc3s2)ccc1F. The first kappa shape index (κ1) is 14.5. The van der Waals surface area contributed by atoms with Crippen molar-refractivity contribution >= 4 is 32.7 Å². The number of thiazole rings is 1. The fraction of sp³-hybridized carbons (Fsp3) is 0.125. The van der Waals surface area contributed by atoms with Crippen LogP contribution in [-0.2, 0) is 6.54 Å². The van der Waals surface area contributed by atoms with Gasteiger partial charge in [0, 0.05) is 6.54 Å². The van der Waals surface area contributed by atoms with Gasteiger partial charge in [-0.15, -0.1) is 0 Å². The molecule has 0 radical (unpaired) electrons. The van der Waals surface area contributed by atoms with E-state index < -0.39 is 0 Å². The summed E-state index contributed by atoms with van der Waals surface area (Å²) in [4.78, 5) is 16.2. The van der Waals surface area contributed by atoms with Crippen molar-refractivity contribution in [1.82, 2.24) is 10.3 Å². The highest BCUT2D eigenvalue weighted by molar-refractivity contribution is 7.22. The van der Waals surface area contributed by atoms with Gasteiger partial charge in [0.15, 0.2) is 5.13 Å². The molecule has 0 fully saturated rings. The normalized spacial score (nSPS) is 10.6. The van der Waals surface area contributed by atoms with Crippen LogP contribution in [0.1, 0.15) is 11.1 Å². The van der Waals surface area contributed by atoms with Gasteiger partial charge in [-0.1, -0.05) is 35.6 Å². The highest BCUT2D eigenvalue weighted by atomic mass is 32.1. The molecule has 2 aromatic carbocycles. The van der Waals surface area contributed by atoms with Gasteiger partial charge in [0.05, 0.1) is 10.2 Å². The van der Waals surface area contributed by atoms with E-state index in [1.165, 1.54) is 17.4 Å². The molecular formula is C16H14FN3OS. The molecule has 112 valence electrons. The predicted molar refractivity (Wildman–Crippen MR) is 86.6 cm³/mol. The van der Waals surface area contributed by atoms with E-state index in [4.69, 9.17) is 0 Å². The fourth-order valence-electron chi connectivity index (χ4n) is 2.07. The maximum Gasteiger partial charge on any atom is 0.321 e. The van der Waals surface area contributed by atoms with Crippen LogP contribution in [-0.4, -0.2) is 11.0 Å². The van der Waals surface area contributed by atoms with E-state index in [9.17, 15) is 9.18 Å². The van der Waals surface area contributed by atoms with Crippen LogP contribution in [0.2, 0.25) is 0 Å². The fourth-order valence-corrected chi connectivity index (χ4v) is 2.93. The molecule has 0 spiro atoms. The summed E-state index contributed by atoms with van der Waals surface area (Å²) < 4.78 is 14.2. The van der Waals surface area contributed by atoms with Crippen molar-refractivity contribution in [2.45, 2.75) is 13.5 Å². The molecule has 0 saturated heterocycles. The number of nitrogens with zero attached hydrogens (tertiary/aromatic N) is 1. The number of fused-ring (bicyclic) bond motifs is 1. The molecule has 0 aliphatic carbocycles. The number of aryl methyl sites for hydroxylation is 1. The maximum absolute atomic E-state index is 13.2. The second-order valence-corrected chi connectivity index (χ2v) is 5.91. The minimum atomic E-state index is -0.332. The van der Waals surface area contributed by atoms with E-state index in [1.807, 2.05) is 24.3 Å². The smallest absolute Gasteiger partial charge is 0.321 e. The summed E-state index contributed by atoms with van der Waals surface area (Å²) in [6, 6.07) is 12.1. The molecule has 6 heteroatoms. The molecule has 1 heterocycles. The zero-order valence-electron chi connectivity index (χ0n) is 11.9. The lowest BCUT2D eigenvalue weighted by atomic mass is 10.1. The molecule has 0 atom stereocenters. The van der Waals surface area contributed by atoms with Gasteiger partial charge in [-0.2, -0.15) is 0 Å². The number of benzene rings is 2. The van der Waals surface area contributed by atoms with Crippen LogP contribution in [0, 0.1) is 12.7 Å². The highest BCUT2D eigenvalue weighted by Gasteiger charge is 2.07.